The predicted octanol–water partition coefficient (Wildman–Crippen LogP) is 2.71. The second-order valence-corrected chi connectivity index (χ2v) is 2.29. The normalized spacial score (nSPS) is 12.3. The van der Waals surface area contributed by atoms with Crippen LogP contribution in [-0.4, -0.2) is 6.61 Å². The predicted molar refractivity (Wildman–Crippen MR) is 47.8 cm³/mol. The van der Waals surface area contributed by atoms with Gasteiger partial charge in [0.15, 0.2) is 0 Å². The van der Waals surface area contributed by atoms with E-state index in [2.05, 4.69) is 13.2 Å². The zero-order valence-corrected chi connectivity index (χ0v) is 6.90. The lowest BCUT2D eigenvalue weighted by Gasteiger charge is -2.08. The maximum Gasteiger partial charge on any atom is 0.136 e. The molecule has 1 atom stereocenters. The number of ether oxygens (including phenoxy) is 1. The third kappa shape index (κ3) is 2.10. The highest BCUT2D eigenvalue weighted by molar-refractivity contribution is 5.07. The first-order chi connectivity index (χ1) is 5.88. The standard InChI is InChI=1S/C10H12O2/c1-3-7-11-9(4-2)10-6-5-8-12-10/h3-6,8-9H,1-2,7H2/t9-/m0/s1. The molecule has 12 heavy (non-hydrogen) atoms. The zero-order valence-electron chi connectivity index (χ0n) is 6.90. The van der Waals surface area contributed by atoms with Gasteiger partial charge >= 0.3 is 0 Å². The third-order valence-electron chi connectivity index (χ3n) is 1.43. The van der Waals surface area contributed by atoms with E-state index in [9.17, 15) is 0 Å². The molecular formula is C10H12O2. The monoisotopic (exact) mass is 164 g/mol. The molecule has 0 spiro atoms. The number of rotatable bonds is 5. The zero-order chi connectivity index (χ0) is 8.81. The Bertz CT molecular complexity index is 236. The fraction of sp³-hybridized carbons (Fsp3) is 0.200. The van der Waals surface area contributed by atoms with Crippen molar-refractivity contribution in [2.24, 2.45) is 0 Å². The summed E-state index contributed by atoms with van der Waals surface area (Å²) in [5.74, 6) is 0.770. The minimum atomic E-state index is -0.169. The van der Waals surface area contributed by atoms with Gasteiger partial charge in [-0.05, 0) is 12.1 Å². The highest BCUT2D eigenvalue weighted by Crippen LogP contribution is 2.18. The van der Waals surface area contributed by atoms with Crippen molar-refractivity contribution in [1.82, 2.24) is 0 Å². The van der Waals surface area contributed by atoms with E-state index in [1.807, 2.05) is 12.1 Å². The molecule has 0 amide bonds. The lowest BCUT2D eigenvalue weighted by atomic mass is 10.3. The van der Waals surface area contributed by atoms with Gasteiger partial charge in [0.25, 0.3) is 0 Å². The molecule has 0 bridgehead atoms. The van der Waals surface area contributed by atoms with Crippen molar-refractivity contribution in [3.8, 4) is 0 Å². The Hall–Kier alpha value is -1.28. The Morgan fingerprint density at radius 2 is 2.42 bits per heavy atom. The second kappa shape index (κ2) is 4.57. The van der Waals surface area contributed by atoms with Gasteiger partial charge in [-0.1, -0.05) is 12.2 Å². The van der Waals surface area contributed by atoms with Crippen molar-refractivity contribution in [3.63, 3.8) is 0 Å². The molecule has 0 aromatic carbocycles. The van der Waals surface area contributed by atoms with Crippen molar-refractivity contribution in [1.29, 1.82) is 0 Å². The lowest BCUT2D eigenvalue weighted by molar-refractivity contribution is 0.0931. The molecule has 1 heterocycles. The summed E-state index contributed by atoms with van der Waals surface area (Å²) in [6, 6.07) is 3.68. The van der Waals surface area contributed by atoms with Crippen LogP contribution in [0.3, 0.4) is 0 Å². The molecule has 0 aliphatic heterocycles. The molecule has 1 aromatic heterocycles. The summed E-state index contributed by atoms with van der Waals surface area (Å²) in [6.07, 6.45) is 4.84. The van der Waals surface area contributed by atoms with Gasteiger partial charge in [-0.25, -0.2) is 0 Å². The fourth-order valence-electron chi connectivity index (χ4n) is 0.891. The first-order valence-corrected chi connectivity index (χ1v) is 3.77. The van der Waals surface area contributed by atoms with Crippen LogP contribution in [0.5, 0.6) is 0 Å². The van der Waals surface area contributed by atoms with Gasteiger partial charge in [0, 0.05) is 0 Å². The van der Waals surface area contributed by atoms with E-state index >= 15 is 0 Å². The summed E-state index contributed by atoms with van der Waals surface area (Å²) in [4.78, 5) is 0. The van der Waals surface area contributed by atoms with Crippen molar-refractivity contribution in [2.45, 2.75) is 6.10 Å². The lowest BCUT2D eigenvalue weighted by Crippen LogP contribution is -1.99. The minimum Gasteiger partial charge on any atom is -0.466 e. The van der Waals surface area contributed by atoms with Crippen LogP contribution < -0.4 is 0 Å². The molecule has 2 heteroatoms. The summed E-state index contributed by atoms with van der Waals surface area (Å²) < 4.78 is 10.5. The molecule has 0 radical (unpaired) electrons. The largest absolute Gasteiger partial charge is 0.466 e. The van der Waals surface area contributed by atoms with Crippen LogP contribution in [-0.2, 0) is 4.74 Å². The molecule has 64 valence electrons. The Morgan fingerprint density at radius 1 is 1.58 bits per heavy atom. The molecular weight excluding hydrogens is 152 g/mol. The minimum absolute atomic E-state index is 0.169. The van der Waals surface area contributed by atoms with E-state index in [1.54, 1.807) is 18.4 Å². The maximum atomic E-state index is 5.35. The van der Waals surface area contributed by atoms with Gasteiger partial charge < -0.3 is 9.15 Å². The number of hydrogen-bond donors (Lipinski definition) is 0. The van der Waals surface area contributed by atoms with Crippen LogP contribution in [0.15, 0.2) is 48.1 Å². The second-order valence-electron chi connectivity index (χ2n) is 2.29. The molecule has 0 unspecified atom stereocenters. The topological polar surface area (TPSA) is 22.4 Å². The first-order valence-electron chi connectivity index (χ1n) is 3.77. The molecule has 1 aromatic rings. The average molecular weight is 164 g/mol. The Balaban J connectivity index is 2.56. The van der Waals surface area contributed by atoms with Gasteiger partial charge in [0.1, 0.15) is 11.9 Å². The van der Waals surface area contributed by atoms with Crippen LogP contribution in [0.1, 0.15) is 11.9 Å². The third-order valence-corrected chi connectivity index (χ3v) is 1.43. The van der Waals surface area contributed by atoms with E-state index < -0.39 is 0 Å². The summed E-state index contributed by atoms with van der Waals surface area (Å²) in [7, 11) is 0. The SMILES string of the molecule is C=CCO[C@@H](C=C)c1ccco1. The molecule has 0 N–H and O–H groups in total. The molecule has 0 aliphatic carbocycles. The van der Waals surface area contributed by atoms with Crippen molar-refractivity contribution in [2.75, 3.05) is 6.61 Å². The summed E-state index contributed by atoms with van der Waals surface area (Å²) in [5, 5.41) is 0. The summed E-state index contributed by atoms with van der Waals surface area (Å²) >= 11 is 0. The van der Waals surface area contributed by atoms with Crippen LogP contribution >= 0.6 is 0 Å². The highest BCUT2D eigenvalue weighted by Gasteiger charge is 2.08. The van der Waals surface area contributed by atoms with Gasteiger partial charge in [-0.15, -0.1) is 13.2 Å². The fourth-order valence-corrected chi connectivity index (χ4v) is 0.891. The van der Waals surface area contributed by atoms with Crippen molar-refractivity contribution >= 4 is 0 Å². The van der Waals surface area contributed by atoms with Crippen LogP contribution in [0.25, 0.3) is 0 Å². The van der Waals surface area contributed by atoms with E-state index in [0.29, 0.717) is 6.61 Å². The Labute approximate surface area is 72.1 Å². The van der Waals surface area contributed by atoms with Crippen molar-refractivity contribution < 1.29 is 9.15 Å². The summed E-state index contributed by atoms with van der Waals surface area (Å²) in [5.41, 5.74) is 0. The Kier molecular flexibility index (Phi) is 3.35. The number of furan rings is 1. The van der Waals surface area contributed by atoms with Crippen LogP contribution in [0.2, 0.25) is 0 Å². The van der Waals surface area contributed by atoms with Gasteiger partial charge in [-0.3, -0.25) is 0 Å². The maximum absolute atomic E-state index is 5.35. The van der Waals surface area contributed by atoms with Crippen molar-refractivity contribution in [3.05, 3.63) is 49.5 Å². The smallest absolute Gasteiger partial charge is 0.136 e. The van der Waals surface area contributed by atoms with Gasteiger partial charge in [0.05, 0.1) is 12.9 Å². The van der Waals surface area contributed by atoms with E-state index in [0.717, 1.165) is 5.76 Å². The van der Waals surface area contributed by atoms with E-state index in [-0.39, 0.29) is 6.10 Å². The van der Waals surface area contributed by atoms with Crippen LogP contribution in [0.4, 0.5) is 0 Å². The summed E-state index contributed by atoms with van der Waals surface area (Å²) in [6.45, 7) is 7.71. The van der Waals surface area contributed by atoms with E-state index in [4.69, 9.17) is 9.15 Å². The van der Waals surface area contributed by atoms with E-state index in [1.165, 1.54) is 0 Å². The molecule has 0 saturated carbocycles. The molecule has 1 rings (SSSR count). The highest BCUT2D eigenvalue weighted by atomic mass is 16.5. The van der Waals surface area contributed by atoms with Crippen LogP contribution in [0, 0.1) is 0 Å². The number of hydrogen-bond acceptors (Lipinski definition) is 2. The molecule has 0 saturated heterocycles. The quantitative estimate of drug-likeness (QED) is 0.624. The Morgan fingerprint density at radius 3 is 2.92 bits per heavy atom. The van der Waals surface area contributed by atoms with Gasteiger partial charge in [-0.2, -0.15) is 0 Å². The first kappa shape index (κ1) is 8.81. The molecule has 0 fully saturated rings. The van der Waals surface area contributed by atoms with Gasteiger partial charge in [0.2, 0.25) is 0 Å². The molecule has 0 aliphatic rings. The molecule has 2 nitrogen and oxygen atoms in total. The average Bonchev–Trinajstić information content (AvgIpc) is 2.59.